The lowest BCUT2D eigenvalue weighted by molar-refractivity contribution is -0.384. The maximum Gasteiger partial charge on any atom is 0.345 e. The van der Waals surface area contributed by atoms with Crippen molar-refractivity contribution in [2.75, 3.05) is 43.6 Å². The number of ether oxygens (including phenoxy) is 2. The van der Waals surface area contributed by atoms with Gasteiger partial charge >= 0.3 is 11.7 Å². The molecule has 1 N–H and O–H groups in total. The normalized spacial score (nSPS) is 13.7. The fourth-order valence-electron chi connectivity index (χ4n) is 4.22. The van der Waals surface area contributed by atoms with Crippen LogP contribution in [-0.4, -0.2) is 49.3 Å². The second-order valence-corrected chi connectivity index (χ2v) is 7.91. The van der Waals surface area contributed by atoms with Gasteiger partial charge in [-0.1, -0.05) is 19.1 Å². The van der Waals surface area contributed by atoms with Crippen LogP contribution < -0.4 is 10.2 Å². The standard InChI is InChI=1S/C24H25FN4O5/c1-4-19-14(2)21(16-6-5-7-18(25)22(16)26-19)27-20-13-15(28-8-10-34-11-9-28)12-17(24(30)33-3)23(20)29(31)32/h5-7,12-13H,4,8-11H2,1-3H3,(H,26,27). The van der Waals surface area contributed by atoms with Crippen molar-refractivity contribution in [3.8, 4) is 0 Å². The van der Waals surface area contributed by atoms with E-state index in [4.69, 9.17) is 9.47 Å². The van der Waals surface area contributed by atoms with Crippen molar-refractivity contribution in [3.05, 3.63) is 63.1 Å². The number of para-hydroxylation sites is 1. The molecular weight excluding hydrogens is 443 g/mol. The van der Waals surface area contributed by atoms with Gasteiger partial charge in [0.1, 0.15) is 22.6 Å². The van der Waals surface area contributed by atoms with Crippen molar-refractivity contribution in [1.82, 2.24) is 4.98 Å². The highest BCUT2D eigenvalue weighted by molar-refractivity contribution is 6.01. The smallest absolute Gasteiger partial charge is 0.345 e. The number of pyridine rings is 1. The SMILES string of the molecule is CCc1nc2c(F)cccc2c(Nc2cc(N3CCOCC3)cc(C(=O)OC)c2[N+](=O)[O-])c1C. The van der Waals surface area contributed by atoms with Gasteiger partial charge in [0.05, 0.1) is 30.9 Å². The van der Waals surface area contributed by atoms with Crippen molar-refractivity contribution in [3.63, 3.8) is 0 Å². The average molecular weight is 468 g/mol. The number of carbonyl (C=O) groups excluding carboxylic acids is 1. The van der Waals surface area contributed by atoms with Gasteiger partial charge in [0.25, 0.3) is 0 Å². The van der Waals surface area contributed by atoms with Gasteiger partial charge in [0.2, 0.25) is 0 Å². The molecule has 9 nitrogen and oxygen atoms in total. The highest BCUT2D eigenvalue weighted by Crippen LogP contribution is 2.39. The molecule has 0 aliphatic carbocycles. The molecule has 0 unspecified atom stereocenters. The molecule has 34 heavy (non-hydrogen) atoms. The second kappa shape index (κ2) is 9.60. The summed E-state index contributed by atoms with van der Waals surface area (Å²) in [4.78, 5) is 30.5. The fraction of sp³-hybridized carbons (Fsp3) is 0.333. The van der Waals surface area contributed by atoms with Gasteiger partial charge < -0.3 is 19.7 Å². The lowest BCUT2D eigenvalue weighted by Crippen LogP contribution is -2.36. The number of fused-ring (bicyclic) bond motifs is 1. The number of anilines is 3. The number of rotatable bonds is 6. The van der Waals surface area contributed by atoms with E-state index in [-0.39, 0.29) is 16.8 Å². The van der Waals surface area contributed by atoms with Gasteiger partial charge in [0.15, 0.2) is 0 Å². The van der Waals surface area contributed by atoms with E-state index >= 15 is 0 Å². The molecule has 0 bridgehead atoms. The summed E-state index contributed by atoms with van der Waals surface area (Å²) in [5, 5.41) is 15.8. The van der Waals surface area contributed by atoms with Gasteiger partial charge in [-0.15, -0.1) is 0 Å². The highest BCUT2D eigenvalue weighted by Gasteiger charge is 2.29. The van der Waals surface area contributed by atoms with Crippen LogP contribution in [0.2, 0.25) is 0 Å². The third-order valence-corrected chi connectivity index (χ3v) is 5.96. The predicted octanol–water partition coefficient (Wildman–Crippen LogP) is 4.52. The zero-order chi connectivity index (χ0) is 24.4. The first-order valence-electron chi connectivity index (χ1n) is 10.9. The van der Waals surface area contributed by atoms with Crippen LogP contribution in [-0.2, 0) is 15.9 Å². The Balaban J connectivity index is 1.96. The van der Waals surface area contributed by atoms with Crippen LogP contribution in [0, 0.1) is 22.9 Å². The second-order valence-electron chi connectivity index (χ2n) is 7.91. The number of carbonyl (C=O) groups is 1. The number of aryl methyl sites for hydroxylation is 1. The van der Waals surface area contributed by atoms with Gasteiger partial charge in [-0.05, 0) is 37.1 Å². The first kappa shape index (κ1) is 23.4. The number of nitrogens with one attached hydrogen (secondary N) is 1. The summed E-state index contributed by atoms with van der Waals surface area (Å²) in [5.41, 5.74) is 2.23. The third-order valence-electron chi connectivity index (χ3n) is 5.96. The molecule has 1 aliphatic heterocycles. The predicted molar refractivity (Wildman–Crippen MR) is 127 cm³/mol. The monoisotopic (exact) mass is 468 g/mol. The number of halogens is 1. The molecule has 0 radical (unpaired) electrons. The number of hydrogen-bond acceptors (Lipinski definition) is 8. The van der Waals surface area contributed by atoms with Crippen molar-refractivity contribution in [2.45, 2.75) is 20.3 Å². The molecule has 0 atom stereocenters. The molecule has 1 fully saturated rings. The van der Waals surface area contributed by atoms with Crippen LogP contribution in [0.15, 0.2) is 30.3 Å². The van der Waals surface area contributed by atoms with Crippen LogP contribution in [0.1, 0.15) is 28.5 Å². The number of nitrogens with zero attached hydrogens (tertiary/aromatic N) is 3. The number of hydrogen-bond donors (Lipinski definition) is 1. The van der Waals surface area contributed by atoms with E-state index in [1.54, 1.807) is 18.2 Å². The Hall–Kier alpha value is -3.79. The molecule has 1 aliphatic rings. The van der Waals surface area contributed by atoms with Crippen molar-refractivity contribution in [2.24, 2.45) is 0 Å². The summed E-state index contributed by atoms with van der Waals surface area (Å²) in [6.07, 6.45) is 0.550. The average Bonchev–Trinajstić information content (AvgIpc) is 2.85. The first-order chi connectivity index (χ1) is 16.3. The minimum absolute atomic E-state index is 0.108. The number of nitro groups is 1. The Labute approximate surface area is 195 Å². The van der Waals surface area contributed by atoms with Crippen LogP contribution in [0.3, 0.4) is 0 Å². The molecular formula is C24H25FN4O5. The van der Waals surface area contributed by atoms with Gasteiger partial charge in [-0.2, -0.15) is 0 Å². The Morgan fingerprint density at radius 1 is 1.32 bits per heavy atom. The lowest BCUT2D eigenvalue weighted by Gasteiger charge is -2.29. The Morgan fingerprint density at radius 3 is 2.71 bits per heavy atom. The topological polar surface area (TPSA) is 107 Å². The summed E-state index contributed by atoms with van der Waals surface area (Å²) in [5.74, 6) is -1.30. The van der Waals surface area contributed by atoms with E-state index in [1.165, 1.54) is 19.2 Å². The third kappa shape index (κ3) is 4.24. The number of esters is 1. The van der Waals surface area contributed by atoms with E-state index in [0.717, 1.165) is 5.56 Å². The van der Waals surface area contributed by atoms with E-state index in [1.807, 2.05) is 18.7 Å². The molecule has 2 heterocycles. The molecule has 3 aromatic rings. The maximum atomic E-state index is 14.6. The lowest BCUT2D eigenvalue weighted by atomic mass is 10.0. The molecule has 2 aromatic carbocycles. The molecule has 1 aromatic heterocycles. The van der Waals surface area contributed by atoms with E-state index < -0.39 is 22.4 Å². The van der Waals surface area contributed by atoms with Crippen LogP contribution in [0.5, 0.6) is 0 Å². The molecule has 10 heteroatoms. The highest BCUT2D eigenvalue weighted by atomic mass is 19.1. The van der Waals surface area contributed by atoms with Crippen LogP contribution in [0.25, 0.3) is 10.9 Å². The number of nitro benzene ring substituents is 1. The number of benzene rings is 2. The van der Waals surface area contributed by atoms with Crippen LogP contribution in [0.4, 0.5) is 27.1 Å². The van der Waals surface area contributed by atoms with Crippen molar-refractivity contribution < 1.29 is 23.6 Å². The van der Waals surface area contributed by atoms with E-state index in [2.05, 4.69) is 10.3 Å². The summed E-state index contributed by atoms with van der Waals surface area (Å²) in [6, 6.07) is 7.69. The Kier molecular flexibility index (Phi) is 6.60. The summed E-state index contributed by atoms with van der Waals surface area (Å²) in [7, 11) is 1.18. The number of aromatic nitrogens is 1. The molecule has 4 rings (SSSR count). The number of morpholine rings is 1. The van der Waals surface area contributed by atoms with E-state index in [0.29, 0.717) is 55.2 Å². The summed E-state index contributed by atoms with van der Waals surface area (Å²) >= 11 is 0. The zero-order valence-corrected chi connectivity index (χ0v) is 19.2. The minimum atomic E-state index is -0.818. The minimum Gasteiger partial charge on any atom is -0.465 e. The largest absolute Gasteiger partial charge is 0.465 e. The maximum absolute atomic E-state index is 14.6. The van der Waals surface area contributed by atoms with Crippen molar-refractivity contribution in [1.29, 1.82) is 0 Å². The van der Waals surface area contributed by atoms with Gasteiger partial charge in [0, 0.05) is 29.9 Å². The molecule has 0 amide bonds. The van der Waals surface area contributed by atoms with Crippen LogP contribution >= 0.6 is 0 Å². The number of methoxy groups -OCH3 is 1. The van der Waals surface area contributed by atoms with Gasteiger partial charge in [-0.25, -0.2) is 14.2 Å². The van der Waals surface area contributed by atoms with Crippen molar-refractivity contribution >= 4 is 39.6 Å². The van der Waals surface area contributed by atoms with Gasteiger partial charge in [-0.3, -0.25) is 10.1 Å². The fourth-order valence-corrected chi connectivity index (χ4v) is 4.22. The quantitative estimate of drug-likeness (QED) is 0.320. The molecule has 0 saturated carbocycles. The molecule has 0 spiro atoms. The summed E-state index contributed by atoms with van der Waals surface area (Å²) in [6.45, 7) is 5.88. The summed E-state index contributed by atoms with van der Waals surface area (Å²) < 4.78 is 24.9. The Bertz CT molecular complexity index is 1270. The first-order valence-corrected chi connectivity index (χ1v) is 10.9. The van der Waals surface area contributed by atoms with E-state index in [9.17, 15) is 19.3 Å². The Morgan fingerprint density at radius 2 is 2.06 bits per heavy atom. The molecule has 1 saturated heterocycles. The zero-order valence-electron chi connectivity index (χ0n) is 19.2. The molecule has 178 valence electrons.